The fraction of sp³-hybridized carbons (Fsp3) is 1.00. The van der Waals surface area contributed by atoms with Gasteiger partial charge in [0.05, 0.1) is 6.10 Å². The topological polar surface area (TPSA) is 9.23 Å². The van der Waals surface area contributed by atoms with Gasteiger partial charge in [0.25, 0.3) is 0 Å². The monoisotopic (exact) mass is 142 g/mol. The largest absolute Gasteiger partial charge is 0.378 e. The Bertz CT molecular complexity index is 98.9. The van der Waals surface area contributed by atoms with Crippen molar-refractivity contribution in [3.63, 3.8) is 0 Å². The van der Waals surface area contributed by atoms with Crippen LogP contribution in [0.3, 0.4) is 0 Å². The third kappa shape index (κ3) is 1.72. The van der Waals surface area contributed by atoms with Gasteiger partial charge < -0.3 is 4.74 Å². The van der Waals surface area contributed by atoms with Crippen LogP contribution in [0.25, 0.3) is 0 Å². The molecule has 0 bridgehead atoms. The molecule has 0 aromatic heterocycles. The first kappa shape index (κ1) is 8.06. The van der Waals surface area contributed by atoms with Crippen molar-refractivity contribution in [3.05, 3.63) is 0 Å². The minimum absolute atomic E-state index is 0.494. The van der Waals surface area contributed by atoms with E-state index in [9.17, 15) is 0 Å². The Morgan fingerprint density at radius 3 is 2.50 bits per heavy atom. The van der Waals surface area contributed by atoms with Crippen LogP contribution in [0, 0.1) is 11.8 Å². The summed E-state index contributed by atoms with van der Waals surface area (Å²) in [6, 6.07) is 0. The van der Waals surface area contributed by atoms with Crippen LogP contribution < -0.4 is 0 Å². The number of rotatable bonds is 1. The number of hydrogen-bond acceptors (Lipinski definition) is 1. The molecule has 0 aromatic carbocycles. The standard InChI is InChI=1S/C9H18O/c1-7(2)9-5-4-6-10-8(9)3/h7-9H,4-6H2,1-3H3/t8-,9?/m0/s1. The van der Waals surface area contributed by atoms with Crippen LogP contribution >= 0.6 is 0 Å². The lowest BCUT2D eigenvalue weighted by atomic mass is 9.85. The SMILES string of the molecule is CC(C)C1CCCO[C@H]1C. The average Bonchev–Trinajstić information content (AvgIpc) is 1.88. The highest BCUT2D eigenvalue weighted by molar-refractivity contribution is 4.73. The lowest BCUT2D eigenvalue weighted by Crippen LogP contribution is -2.30. The molecule has 1 heterocycles. The van der Waals surface area contributed by atoms with E-state index in [1.54, 1.807) is 0 Å². The molecule has 0 N–H and O–H groups in total. The molecule has 1 saturated heterocycles. The molecule has 10 heavy (non-hydrogen) atoms. The smallest absolute Gasteiger partial charge is 0.0577 e. The highest BCUT2D eigenvalue weighted by Crippen LogP contribution is 2.26. The normalized spacial score (nSPS) is 34.8. The Balaban J connectivity index is 2.40. The molecule has 0 aromatic rings. The van der Waals surface area contributed by atoms with Crippen LogP contribution in [-0.2, 0) is 4.74 Å². The lowest BCUT2D eigenvalue weighted by molar-refractivity contribution is -0.0299. The van der Waals surface area contributed by atoms with Gasteiger partial charge in [0, 0.05) is 6.61 Å². The minimum atomic E-state index is 0.494. The van der Waals surface area contributed by atoms with Crippen molar-refractivity contribution in [1.29, 1.82) is 0 Å². The van der Waals surface area contributed by atoms with Gasteiger partial charge in [-0.15, -0.1) is 0 Å². The van der Waals surface area contributed by atoms with Crippen molar-refractivity contribution >= 4 is 0 Å². The van der Waals surface area contributed by atoms with Crippen LogP contribution in [0.5, 0.6) is 0 Å². The Labute approximate surface area is 63.8 Å². The van der Waals surface area contributed by atoms with Gasteiger partial charge >= 0.3 is 0 Å². The molecule has 2 atom stereocenters. The van der Waals surface area contributed by atoms with E-state index in [-0.39, 0.29) is 0 Å². The van der Waals surface area contributed by atoms with Gasteiger partial charge in [0.15, 0.2) is 0 Å². The fourth-order valence-electron chi connectivity index (χ4n) is 1.82. The minimum Gasteiger partial charge on any atom is -0.378 e. The van der Waals surface area contributed by atoms with Gasteiger partial charge in [-0.25, -0.2) is 0 Å². The molecule has 1 rings (SSSR count). The summed E-state index contributed by atoms with van der Waals surface area (Å²) in [5.41, 5.74) is 0. The van der Waals surface area contributed by atoms with Crippen molar-refractivity contribution in [2.45, 2.75) is 39.7 Å². The predicted molar refractivity (Wildman–Crippen MR) is 43.0 cm³/mol. The molecule has 0 aliphatic carbocycles. The maximum absolute atomic E-state index is 5.55. The first-order chi connectivity index (χ1) is 4.72. The van der Waals surface area contributed by atoms with Crippen LogP contribution in [0.2, 0.25) is 0 Å². The van der Waals surface area contributed by atoms with E-state index in [0.29, 0.717) is 6.10 Å². The predicted octanol–water partition coefficient (Wildman–Crippen LogP) is 2.46. The second kappa shape index (κ2) is 3.38. The van der Waals surface area contributed by atoms with E-state index in [1.807, 2.05) is 0 Å². The molecule has 60 valence electrons. The van der Waals surface area contributed by atoms with E-state index >= 15 is 0 Å². The summed E-state index contributed by atoms with van der Waals surface area (Å²) in [5.74, 6) is 1.59. The van der Waals surface area contributed by atoms with Crippen molar-refractivity contribution < 1.29 is 4.74 Å². The molecule has 1 fully saturated rings. The van der Waals surface area contributed by atoms with Gasteiger partial charge in [-0.3, -0.25) is 0 Å². The highest BCUT2D eigenvalue weighted by atomic mass is 16.5. The summed E-state index contributed by atoms with van der Waals surface area (Å²) >= 11 is 0. The van der Waals surface area contributed by atoms with Crippen LogP contribution in [0.4, 0.5) is 0 Å². The van der Waals surface area contributed by atoms with Gasteiger partial charge in [-0.2, -0.15) is 0 Å². The molecule has 0 radical (unpaired) electrons. The Morgan fingerprint density at radius 1 is 1.40 bits per heavy atom. The van der Waals surface area contributed by atoms with E-state index in [4.69, 9.17) is 4.74 Å². The second-order valence-corrected chi connectivity index (χ2v) is 3.63. The summed E-state index contributed by atoms with van der Waals surface area (Å²) in [6.45, 7) is 7.75. The second-order valence-electron chi connectivity index (χ2n) is 3.63. The highest BCUT2D eigenvalue weighted by Gasteiger charge is 2.24. The summed E-state index contributed by atoms with van der Waals surface area (Å²) in [4.78, 5) is 0. The Kier molecular flexibility index (Phi) is 2.72. The van der Waals surface area contributed by atoms with Gasteiger partial charge in [0.2, 0.25) is 0 Å². The summed E-state index contributed by atoms with van der Waals surface area (Å²) in [5, 5.41) is 0. The Morgan fingerprint density at radius 2 is 2.10 bits per heavy atom. The zero-order valence-corrected chi connectivity index (χ0v) is 7.26. The zero-order chi connectivity index (χ0) is 7.56. The quantitative estimate of drug-likeness (QED) is 0.546. The summed E-state index contributed by atoms with van der Waals surface area (Å²) in [7, 11) is 0. The van der Waals surface area contributed by atoms with Crippen molar-refractivity contribution in [2.24, 2.45) is 11.8 Å². The van der Waals surface area contributed by atoms with Crippen LogP contribution in [0.1, 0.15) is 33.6 Å². The van der Waals surface area contributed by atoms with Gasteiger partial charge in [0.1, 0.15) is 0 Å². The molecule has 1 nitrogen and oxygen atoms in total. The molecule has 1 unspecified atom stereocenters. The van der Waals surface area contributed by atoms with Gasteiger partial charge in [-0.05, 0) is 31.6 Å². The fourth-order valence-corrected chi connectivity index (χ4v) is 1.82. The lowest BCUT2D eigenvalue weighted by Gasteiger charge is -2.31. The van der Waals surface area contributed by atoms with Crippen molar-refractivity contribution in [2.75, 3.05) is 6.61 Å². The first-order valence-corrected chi connectivity index (χ1v) is 4.33. The van der Waals surface area contributed by atoms with E-state index in [2.05, 4.69) is 20.8 Å². The Hall–Kier alpha value is -0.0400. The molecule has 1 aliphatic rings. The summed E-state index contributed by atoms with van der Waals surface area (Å²) < 4.78 is 5.55. The molecular formula is C9H18O. The van der Waals surface area contributed by atoms with E-state index in [0.717, 1.165) is 18.4 Å². The molecule has 1 heteroatoms. The first-order valence-electron chi connectivity index (χ1n) is 4.33. The van der Waals surface area contributed by atoms with Crippen molar-refractivity contribution in [3.8, 4) is 0 Å². The van der Waals surface area contributed by atoms with E-state index < -0.39 is 0 Å². The number of hydrogen-bond donors (Lipinski definition) is 0. The van der Waals surface area contributed by atoms with Crippen LogP contribution in [0.15, 0.2) is 0 Å². The molecule has 1 aliphatic heterocycles. The third-order valence-electron chi connectivity index (χ3n) is 2.52. The molecule has 0 spiro atoms. The van der Waals surface area contributed by atoms with Gasteiger partial charge in [-0.1, -0.05) is 13.8 Å². The van der Waals surface area contributed by atoms with Crippen molar-refractivity contribution in [1.82, 2.24) is 0 Å². The maximum atomic E-state index is 5.55. The maximum Gasteiger partial charge on any atom is 0.0577 e. The van der Waals surface area contributed by atoms with E-state index in [1.165, 1.54) is 12.8 Å². The summed E-state index contributed by atoms with van der Waals surface area (Å²) in [6.07, 6.45) is 3.11. The van der Waals surface area contributed by atoms with Crippen LogP contribution in [-0.4, -0.2) is 12.7 Å². The zero-order valence-electron chi connectivity index (χ0n) is 7.26. The molecule has 0 saturated carbocycles. The molecule has 0 amide bonds. The number of ether oxygens (including phenoxy) is 1. The third-order valence-corrected chi connectivity index (χ3v) is 2.52. The molecular weight excluding hydrogens is 124 g/mol. The average molecular weight is 142 g/mol.